The number of amides is 3. The lowest BCUT2D eigenvalue weighted by Crippen LogP contribution is -2.49. The van der Waals surface area contributed by atoms with Gasteiger partial charge in [-0.05, 0) is 35.4 Å². The number of hydrogen-bond acceptors (Lipinski definition) is 6. The number of aliphatic carboxylic acids is 1. The van der Waals surface area contributed by atoms with Crippen LogP contribution in [-0.4, -0.2) is 34.8 Å². The van der Waals surface area contributed by atoms with E-state index in [1.807, 2.05) is 97.1 Å². The van der Waals surface area contributed by atoms with Crippen LogP contribution in [0.15, 0.2) is 121 Å². The van der Waals surface area contributed by atoms with Gasteiger partial charge in [0.05, 0.1) is 12.5 Å². The lowest BCUT2D eigenvalue weighted by Gasteiger charge is -2.22. The van der Waals surface area contributed by atoms with Gasteiger partial charge < -0.3 is 21.5 Å². The highest BCUT2D eigenvalue weighted by Gasteiger charge is 2.30. The van der Waals surface area contributed by atoms with E-state index in [1.54, 1.807) is 41.5 Å². The van der Waals surface area contributed by atoms with Gasteiger partial charge in [0.15, 0.2) is 0 Å². The normalized spacial score (nSPS) is 11.4. The third-order valence-electron chi connectivity index (χ3n) is 6.76. The molecule has 0 saturated heterocycles. The van der Waals surface area contributed by atoms with Crippen molar-refractivity contribution in [3.63, 3.8) is 0 Å². The van der Waals surface area contributed by atoms with Gasteiger partial charge in [0.2, 0.25) is 17.7 Å². The van der Waals surface area contributed by atoms with Gasteiger partial charge in [0, 0.05) is 22.2 Å². The summed E-state index contributed by atoms with van der Waals surface area (Å²) in [5, 5.41) is 16.8. The average Bonchev–Trinajstić information content (AvgIpc) is 3.05. The second-order valence-corrected chi connectivity index (χ2v) is 13.1. The van der Waals surface area contributed by atoms with Gasteiger partial charge in [-0.25, -0.2) is 4.79 Å². The standard InChI is InChI=1S/C14H24N2O5.C13H13N.C12H11N/c1-13(2,3)11(20)15-8(10(18)19)7-9(17)16-12(21)14(4,5)6;14-13(11-7-3-1-4-8-11)12-9-5-2-6-10-12;1-3-7-11(8-4-1)13-12-9-5-2-6-10-12/h8H,7H2,1-6H3,(H,15,20)(H,18,19)(H,16,17,21);1-10,13H,14H2;1-10,13H. The van der Waals surface area contributed by atoms with Crippen molar-refractivity contribution in [2.24, 2.45) is 16.6 Å². The molecule has 4 aromatic rings. The maximum atomic E-state index is 11.8. The van der Waals surface area contributed by atoms with Crippen LogP contribution in [0.3, 0.4) is 0 Å². The number of carboxylic acids is 1. The van der Waals surface area contributed by atoms with Gasteiger partial charge in [-0.2, -0.15) is 0 Å². The van der Waals surface area contributed by atoms with E-state index in [9.17, 15) is 19.2 Å². The molecule has 9 heteroatoms. The SMILES string of the molecule is CC(C)(C)C(=O)NC(=O)CC(NC(=O)C(C)(C)C)C(=O)O.NC(c1ccccc1)c1ccccc1.c1ccc(Nc2ccccc2)cc1. The van der Waals surface area contributed by atoms with Crippen LogP contribution in [0, 0.1) is 10.8 Å². The fourth-order valence-electron chi connectivity index (χ4n) is 3.85. The summed E-state index contributed by atoms with van der Waals surface area (Å²) in [5.74, 6) is -3.05. The van der Waals surface area contributed by atoms with E-state index in [-0.39, 0.29) is 6.04 Å². The molecule has 0 radical (unpaired) electrons. The van der Waals surface area contributed by atoms with Crippen LogP contribution in [0.1, 0.15) is 65.1 Å². The van der Waals surface area contributed by atoms with Crippen molar-refractivity contribution < 1.29 is 24.3 Å². The molecule has 0 aliphatic heterocycles. The largest absolute Gasteiger partial charge is 0.480 e. The third-order valence-corrected chi connectivity index (χ3v) is 6.76. The van der Waals surface area contributed by atoms with Gasteiger partial charge in [0.1, 0.15) is 6.04 Å². The van der Waals surface area contributed by atoms with Gasteiger partial charge in [0.25, 0.3) is 0 Å². The minimum Gasteiger partial charge on any atom is -0.480 e. The molecule has 9 nitrogen and oxygen atoms in total. The van der Waals surface area contributed by atoms with E-state index >= 15 is 0 Å². The van der Waals surface area contributed by atoms with Crippen LogP contribution in [0.4, 0.5) is 11.4 Å². The Balaban J connectivity index is 0.000000258. The van der Waals surface area contributed by atoms with E-state index in [0.717, 1.165) is 22.5 Å². The predicted octanol–water partition coefficient (Wildman–Crippen LogP) is 6.85. The molecule has 254 valence electrons. The topological polar surface area (TPSA) is 151 Å². The van der Waals surface area contributed by atoms with Crippen LogP contribution in [0.2, 0.25) is 0 Å². The molecule has 0 heterocycles. The molecule has 0 spiro atoms. The summed E-state index contributed by atoms with van der Waals surface area (Å²) >= 11 is 0. The lowest BCUT2D eigenvalue weighted by molar-refractivity contribution is -0.145. The molecule has 48 heavy (non-hydrogen) atoms. The molecular formula is C39H48N4O5. The van der Waals surface area contributed by atoms with Gasteiger partial charge in [-0.1, -0.05) is 139 Å². The summed E-state index contributed by atoms with van der Waals surface area (Å²) in [5.41, 5.74) is 9.12. The van der Waals surface area contributed by atoms with Crippen molar-refractivity contribution in [2.75, 3.05) is 5.32 Å². The number of carbonyl (C=O) groups excluding carboxylic acids is 3. The summed E-state index contributed by atoms with van der Waals surface area (Å²) in [4.78, 5) is 46.2. The van der Waals surface area contributed by atoms with E-state index < -0.39 is 47.0 Å². The van der Waals surface area contributed by atoms with Gasteiger partial charge in [-0.15, -0.1) is 0 Å². The van der Waals surface area contributed by atoms with E-state index in [2.05, 4.69) is 40.2 Å². The first-order chi connectivity index (χ1) is 22.6. The predicted molar refractivity (Wildman–Crippen MR) is 191 cm³/mol. The molecule has 0 aliphatic carbocycles. The maximum Gasteiger partial charge on any atom is 0.326 e. The number of hydrogen-bond donors (Lipinski definition) is 5. The Morgan fingerprint density at radius 2 is 0.958 bits per heavy atom. The molecule has 4 aromatic carbocycles. The summed E-state index contributed by atoms with van der Waals surface area (Å²) in [6.07, 6.45) is -0.501. The first-order valence-corrected chi connectivity index (χ1v) is 15.7. The number of anilines is 2. The summed E-state index contributed by atoms with van der Waals surface area (Å²) < 4.78 is 0. The second kappa shape index (κ2) is 18.8. The van der Waals surface area contributed by atoms with E-state index in [4.69, 9.17) is 10.8 Å². The number of rotatable bonds is 8. The highest BCUT2D eigenvalue weighted by atomic mass is 16.4. The monoisotopic (exact) mass is 652 g/mol. The van der Waals surface area contributed by atoms with Crippen molar-refractivity contribution in [3.05, 3.63) is 132 Å². The Hall–Kier alpha value is -5.28. The fraction of sp³-hybridized carbons (Fsp3) is 0.282. The Labute approximate surface area is 284 Å². The second-order valence-electron chi connectivity index (χ2n) is 13.1. The number of para-hydroxylation sites is 2. The molecule has 0 saturated carbocycles. The van der Waals surface area contributed by atoms with Gasteiger partial charge in [-0.3, -0.25) is 19.7 Å². The highest BCUT2D eigenvalue weighted by Crippen LogP contribution is 2.19. The smallest absolute Gasteiger partial charge is 0.326 e. The molecule has 3 amide bonds. The summed E-state index contributed by atoms with van der Waals surface area (Å²) in [6, 6.07) is 39.2. The zero-order valence-corrected chi connectivity index (χ0v) is 28.6. The number of benzene rings is 4. The van der Waals surface area contributed by atoms with Crippen LogP contribution in [-0.2, 0) is 19.2 Å². The van der Waals surface area contributed by atoms with Gasteiger partial charge >= 0.3 is 5.97 Å². The zero-order valence-electron chi connectivity index (χ0n) is 28.6. The van der Waals surface area contributed by atoms with Crippen molar-refractivity contribution in [2.45, 2.75) is 60.0 Å². The first-order valence-electron chi connectivity index (χ1n) is 15.7. The molecule has 0 bridgehead atoms. The molecule has 1 unspecified atom stereocenters. The molecule has 6 N–H and O–H groups in total. The molecular weight excluding hydrogens is 604 g/mol. The van der Waals surface area contributed by atoms with Crippen LogP contribution < -0.4 is 21.7 Å². The molecule has 1 atom stereocenters. The minimum atomic E-state index is -1.37. The van der Waals surface area contributed by atoms with Crippen LogP contribution >= 0.6 is 0 Å². The van der Waals surface area contributed by atoms with Crippen LogP contribution in [0.25, 0.3) is 0 Å². The van der Waals surface area contributed by atoms with Crippen molar-refractivity contribution in [3.8, 4) is 0 Å². The minimum absolute atomic E-state index is 0.0163. The fourth-order valence-corrected chi connectivity index (χ4v) is 3.85. The zero-order chi connectivity index (χ0) is 35.7. The maximum absolute atomic E-state index is 11.8. The number of carboxylic acid groups (broad SMARTS) is 1. The third kappa shape index (κ3) is 14.4. The summed E-state index contributed by atoms with van der Waals surface area (Å²) in [7, 11) is 0. The Bertz CT molecular complexity index is 1490. The van der Waals surface area contributed by atoms with E-state index in [1.165, 1.54) is 0 Å². The number of nitrogens with one attached hydrogen (secondary N) is 3. The Kier molecular flexibility index (Phi) is 15.2. The first kappa shape index (κ1) is 38.9. The lowest BCUT2D eigenvalue weighted by atomic mass is 9.94. The quantitative estimate of drug-likeness (QED) is 0.140. The number of imide groups is 1. The van der Waals surface area contributed by atoms with Crippen LogP contribution in [0.5, 0.6) is 0 Å². The van der Waals surface area contributed by atoms with Crippen molar-refractivity contribution >= 4 is 35.1 Å². The number of carbonyl (C=O) groups is 4. The Morgan fingerprint density at radius 3 is 1.29 bits per heavy atom. The average molecular weight is 653 g/mol. The molecule has 0 fully saturated rings. The summed E-state index contributed by atoms with van der Waals surface area (Å²) in [6.45, 7) is 9.78. The Morgan fingerprint density at radius 1 is 0.604 bits per heavy atom. The highest BCUT2D eigenvalue weighted by molar-refractivity contribution is 5.99. The molecule has 0 aliphatic rings. The molecule has 4 rings (SSSR count). The molecule has 0 aromatic heterocycles. The van der Waals surface area contributed by atoms with Crippen molar-refractivity contribution in [1.82, 2.24) is 10.6 Å². The van der Waals surface area contributed by atoms with E-state index in [0.29, 0.717) is 0 Å². The number of nitrogens with two attached hydrogens (primary N) is 1. The van der Waals surface area contributed by atoms with Crippen molar-refractivity contribution in [1.29, 1.82) is 0 Å².